The highest BCUT2D eigenvalue weighted by molar-refractivity contribution is 5.92. The molecule has 1 amide bonds. The number of hydrogen-bond acceptors (Lipinski definition) is 5. The van der Waals surface area contributed by atoms with E-state index < -0.39 is 0 Å². The molecular weight excluding hydrogens is 500 g/mol. The van der Waals surface area contributed by atoms with Gasteiger partial charge in [0.25, 0.3) is 5.91 Å². The van der Waals surface area contributed by atoms with E-state index in [4.69, 9.17) is 13.9 Å². The summed E-state index contributed by atoms with van der Waals surface area (Å²) >= 11 is 0. The van der Waals surface area contributed by atoms with Crippen LogP contribution in [0.15, 0.2) is 40.8 Å². The molecule has 40 heavy (non-hydrogen) atoms. The summed E-state index contributed by atoms with van der Waals surface area (Å²) in [5, 5.41) is 9.62. The molecule has 0 saturated carbocycles. The largest absolute Gasteiger partial charge is 0.493 e. The highest BCUT2D eigenvalue weighted by Crippen LogP contribution is 2.47. The first-order chi connectivity index (χ1) is 19.0. The van der Waals surface area contributed by atoms with Crippen LogP contribution in [-0.4, -0.2) is 31.6 Å². The molecule has 0 radical (unpaired) electrons. The Hall–Kier alpha value is -3.72. The fraction of sp³-hybridized carbons (Fsp3) is 0.471. The minimum atomic E-state index is -0.386. The van der Waals surface area contributed by atoms with E-state index in [0.29, 0.717) is 36.6 Å². The van der Waals surface area contributed by atoms with Gasteiger partial charge in [-0.1, -0.05) is 39.8 Å². The number of carbonyl (C=O) groups excluding carboxylic acids is 1. The predicted molar refractivity (Wildman–Crippen MR) is 155 cm³/mol. The minimum Gasteiger partial charge on any atom is -0.493 e. The maximum atomic E-state index is 13.7. The quantitative estimate of drug-likeness (QED) is 0.331. The molecule has 6 heteroatoms. The molecule has 0 fully saturated rings. The standard InChI is InChI=1S/C34H40N2O4/c1-21-16-26-27(34(4,5)13-12-33(26,2)3)18-23(21)17-24-8-9-29(40-24)32(37)36-15-11-22-19-30(38-6)31(39-7)20-25(22)28(36)10-14-35/h8-9,16,18-20,28H,10-13,15,17H2,1-7H3. The Kier molecular flexibility index (Phi) is 7.20. The summed E-state index contributed by atoms with van der Waals surface area (Å²) in [6.45, 7) is 12.0. The van der Waals surface area contributed by atoms with Crippen molar-refractivity contribution >= 4 is 5.91 Å². The van der Waals surface area contributed by atoms with Crippen molar-refractivity contribution in [3.05, 3.63) is 81.3 Å². The second-order valence-electron chi connectivity index (χ2n) is 12.6. The van der Waals surface area contributed by atoms with E-state index in [-0.39, 0.29) is 29.2 Å². The number of rotatable bonds is 6. The molecule has 2 aromatic carbocycles. The van der Waals surface area contributed by atoms with Gasteiger partial charge in [0, 0.05) is 13.0 Å². The molecule has 210 valence electrons. The van der Waals surface area contributed by atoms with Gasteiger partial charge in [0.05, 0.1) is 32.8 Å². The Labute approximate surface area is 237 Å². The number of hydrogen-bond donors (Lipinski definition) is 0. The minimum absolute atomic E-state index is 0.130. The average Bonchev–Trinajstić information content (AvgIpc) is 3.40. The molecule has 2 heterocycles. The zero-order valence-corrected chi connectivity index (χ0v) is 24.8. The Balaban J connectivity index is 1.41. The van der Waals surface area contributed by atoms with Crippen molar-refractivity contribution in [3.8, 4) is 17.6 Å². The number of ether oxygens (including phenoxy) is 2. The molecule has 3 aromatic rings. The molecule has 0 spiro atoms. The molecule has 1 unspecified atom stereocenters. The van der Waals surface area contributed by atoms with Gasteiger partial charge < -0.3 is 18.8 Å². The van der Waals surface area contributed by atoms with E-state index in [1.807, 2.05) is 18.2 Å². The SMILES string of the molecule is COc1cc2c(cc1OC)C(CC#N)N(C(=O)c1ccc(Cc3cc4c(cc3C)C(C)(C)CCC4(C)C)o1)CC2. The second-order valence-corrected chi connectivity index (χ2v) is 12.6. The number of fused-ring (bicyclic) bond motifs is 2. The summed E-state index contributed by atoms with van der Waals surface area (Å²) in [4.78, 5) is 15.5. The molecule has 0 bridgehead atoms. The Bertz CT molecular complexity index is 1490. The summed E-state index contributed by atoms with van der Waals surface area (Å²) in [5.41, 5.74) is 7.63. The summed E-state index contributed by atoms with van der Waals surface area (Å²) in [7, 11) is 3.20. The molecule has 1 aliphatic heterocycles. The molecule has 6 nitrogen and oxygen atoms in total. The first-order valence-electron chi connectivity index (χ1n) is 14.1. The van der Waals surface area contributed by atoms with Gasteiger partial charge in [-0.25, -0.2) is 0 Å². The third kappa shape index (κ3) is 4.87. The second kappa shape index (κ2) is 10.4. The third-order valence-corrected chi connectivity index (χ3v) is 9.09. The van der Waals surface area contributed by atoms with Gasteiger partial charge in [-0.15, -0.1) is 0 Å². The molecule has 5 rings (SSSR count). The molecule has 1 aromatic heterocycles. The van der Waals surface area contributed by atoms with Crippen LogP contribution in [-0.2, 0) is 23.7 Å². The summed E-state index contributed by atoms with van der Waals surface area (Å²) < 4.78 is 17.1. The number of carbonyl (C=O) groups is 1. The van der Waals surface area contributed by atoms with Crippen LogP contribution < -0.4 is 9.47 Å². The highest BCUT2D eigenvalue weighted by atomic mass is 16.5. The van der Waals surface area contributed by atoms with Crippen LogP contribution in [0.2, 0.25) is 0 Å². The molecule has 0 saturated heterocycles. The summed E-state index contributed by atoms with van der Waals surface area (Å²) in [6.07, 6.45) is 3.82. The summed E-state index contributed by atoms with van der Waals surface area (Å²) in [5.74, 6) is 2.11. The predicted octanol–water partition coefficient (Wildman–Crippen LogP) is 7.20. The van der Waals surface area contributed by atoms with E-state index in [9.17, 15) is 10.1 Å². The first-order valence-corrected chi connectivity index (χ1v) is 14.1. The maximum Gasteiger partial charge on any atom is 0.290 e. The van der Waals surface area contributed by atoms with Crippen LogP contribution in [0.25, 0.3) is 0 Å². The number of nitriles is 1. The number of benzene rings is 2. The van der Waals surface area contributed by atoms with E-state index >= 15 is 0 Å². The Morgan fingerprint density at radius 2 is 1.68 bits per heavy atom. The number of nitrogens with zero attached hydrogens (tertiary/aromatic N) is 2. The van der Waals surface area contributed by atoms with E-state index in [1.54, 1.807) is 25.2 Å². The van der Waals surface area contributed by atoms with Gasteiger partial charge in [-0.3, -0.25) is 4.79 Å². The van der Waals surface area contributed by atoms with Crippen LogP contribution in [0.4, 0.5) is 0 Å². The van der Waals surface area contributed by atoms with Gasteiger partial charge >= 0.3 is 0 Å². The van der Waals surface area contributed by atoms with Crippen molar-refractivity contribution in [1.82, 2.24) is 4.90 Å². The van der Waals surface area contributed by atoms with Crippen LogP contribution in [0.5, 0.6) is 11.5 Å². The average molecular weight is 541 g/mol. The Morgan fingerprint density at radius 1 is 1.02 bits per heavy atom. The van der Waals surface area contributed by atoms with Crippen molar-refractivity contribution in [1.29, 1.82) is 5.26 Å². The lowest BCUT2D eigenvalue weighted by molar-refractivity contribution is 0.0629. The van der Waals surface area contributed by atoms with Crippen molar-refractivity contribution in [3.63, 3.8) is 0 Å². The number of amides is 1. The number of methoxy groups -OCH3 is 2. The fourth-order valence-electron chi connectivity index (χ4n) is 6.45. The monoisotopic (exact) mass is 540 g/mol. The van der Waals surface area contributed by atoms with Crippen LogP contribution in [0.3, 0.4) is 0 Å². The first kappa shape index (κ1) is 27.8. The molecule has 1 atom stereocenters. The van der Waals surface area contributed by atoms with Gasteiger partial charge in [0.1, 0.15) is 5.76 Å². The number of aryl methyl sites for hydroxylation is 1. The normalized spacial score (nSPS) is 18.9. The van der Waals surface area contributed by atoms with Crippen molar-refractivity contribution in [2.24, 2.45) is 0 Å². The van der Waals surface area contributed by atoms with Gasteiger partial charge in [-0.2, -0.15) is 5.26 Å². The fourth-order valence-corrected chi connectivity index (χ4v) is 6.45. The van der Waals surface area contributed by atoms with E-state index in [1.165, 1.54) is 28.7 Å². The van der Waals surface area contributed by atoms with Crippen molar-refractivity contribution in [2.45, 2.75) is 83.6 Å². The summed E-state index contributed by atoms with van der Waals surface area (Å²) in [6, 6.07) is 14.1. The van der Waals surface area contributed by atoms with Crippen LogP contribution >= 0.6 is 0 Å². The molecule has 2 aliphatic rings. The number of furan rings is 1. The lowest BCUT2D eigenvalue weighted by Crippen LogP contribution is -2.40. The van der Waals surface area contributed by atoms with Crippen LogP contribution in [0, 0.1) is 18.3 Å². The van der Waals surface area contributed by atoms with Gasteiger partial charge in [0.15, 0.2) is 17.3 Å². The van der Waals surface area contributed by atoms with Gasteiger partial charge in [0.2, 0.25) is 0 Å². The third-order valence-electron chi connectivity index (χ3n) is 9.09. The van der Waals surface area contributed by atoms with E-state index in [0.717, 1.165) is 23.3 Å². The molecular formula is C34H40N2O4. The molecule has 1 aliphatic carbocycles. The smallest absolute Gasteiger partial charge is 0.290 e. The van der Waals surface area contributed by atoms with Crippen molar-refractivity contribution < 1.29 is 18.7 Å². The van der Waals surface area contributed by atoms with E-state index in [2.05, 4.69) is 52.8 Å². The highest BCUT2D eigenvalue weighted by Gasteiger charge is 2.38. The zero-order valence-electron chi connectivity index (χ0n) is 24.8. The van der Waals surface area contributed by atoms with Gasteiger partial charge in [-0.05, 0) is 94.7 Å². The molecule has 0 N–H and O–H groups in total. The van der Waals surface area contributed by atoms with Crippen molar-refractivity contribution in [2.75, 3.05) is 20.8 Å². The lowest BCUT2D eigenvalue weighted by Gasteiger charge is -2.42. The zero-order chi connectivity index (χ0) is 28.8. The van der Waals surface area contributed by atoms with Crippen LogP contribution in [0.1, 0.15) is 103 Å². The topological polar surface area (TPSA) is 75.7 Å². The maximum absolute atomic E-state index is 13.7. The Morgan fingerprint density at radius 3 is 2.33 bits per heavy atom. The lowest BCUT2D eigenvalue weighted by atomic mass is 9.62.